The van der Waals surface area contributed by atoms with Crippen LogP contribution in [0, 0.1) is 13.8 Å². The summed E-state index contributed by atoms with van der Waals surface area (Å²) in [6.45, 7) is 5.10. The predicted molar refractivity (Wildman–Crippen MR) is 87.1 cm³/mol. The number of aliphatic hydroxyl groups excluding tert-OH is 2. The van der Waals surface area contributed by atoms with E-state index in [1.807, 2.05) is 37.3 Å². The second-order valence-corrected chi connectivity index (χ2v) is 6.34. The molecule has 0 saturated heterocycles. The molecule has 2 rings (SSSR count). The van der Waals surface area contributed by atoms with Crippen molar-refractivity contribution in [1.82, 2.24) is 9.78 Å². The van der Waals surface area contributed by atoms with E-state index in [0.717, 1.165) is 23.1 Å². The first-order valence-electron chi connectivity index (χ1n) is 7.03. The number of rotatable bonds is 5. The molecule has 1 aromatic carbocycles. The van der Waals surface area contributed by atoms with Crippen molar-refractivity contribution in [1.29, 1.82) is 0 Å². The van der Waals surface area contributed by atoms with Gasteiger partial charge in [0.15, 0.2) is 5.12 Å². The van der Waals surface area contributed by atoms with Gasteiger partial charge in [0, 0.05) is 23.9 Å². The van der Waals surface area contributed by atoms with Crippen molar-refractivity contribution in [2.45, 2.75) is 33.0 Å². The van der Waals surface area contributed by atoms with Gasteiger partial charge in [-0.25, -0.2) is 4.68 Å². The first-order chi connectivity index (χ1) is 10.4. The predicted octanol–water partition coefficient (Wildman–Crippen LogP) is 2.16. The van der Waals surface area contributed by atoms with Gasteiger partial charge in [0.05, 0.1) is 17.5 Å². The van der Waals surface area contributed by atoms with Gasteiger partial charge < -0.3 is 10.2 Å². The van der Waals surface area contributed by atoms with E-state index < -0.39 is 12.2 Å². The monoisotopic (exact) mass is 320 g/mol. The molecule has 0 aliphatic heterocycles. The number of benzene rings is 1. The van der Waals surface area contributed by atoms with Gasteiger partial charge in [-0.1, -0.05) is 30.0 Å². The Morgan fingerprint density at radius 3 is 2.50 bits per heavy atom. The fraction of sp³-hybridized carbons (Fsp3) is 0.375. The highest BCUT2D eigenvalue weighted by Gasteiger charge is 2.26. The molecular formula is C16H20N2O3S. The molecule has 0 fully saturated rings. The Bertz CT molecular complexity index is 655. The Balaban J connectivity index is 2.28. The summed E-state index contributed by atoms with van der Waals surface area (Å²) in [6, 6.07) is 9.61. The summed E-state index contributed by atoms with van der Waals surface area (Å²) in [5.41, 5.74) is 2.96. The third-order valence-electron chi connectivity index (χ3n) is 3.47. The lowest BCUT2D eigenvalue weighted by molar-refractivity contribution is -0.109. The van der Waals surface area contributed by atoms with Crippen LogP contribution in [-0.2, 0) is 4.79 Å². The quantitative estimate of drug-likeness (QED) is 0.883. The number of carbonyl (C=O) groups excluding carboxylic acids is 1. The second-order valence-electron chi connectivity index (χ2n) is 5.15. The van der Waals surface area contributed by atoms with E-state index in [4.69, 9.17) is 0 Å². The minimum absolute atomic E-state index is 0.0836. The third-order valence-corrected chi connectivity index (χ3v) is 4.38. The molecule has 5 nitrogen and oxygen atoms in total. The zero-order chi connectivity index (χ0) is 16.3. The molecule has 0 amide bonds. The van der Waals surface area contributed by atoms with E-state index in [1.54, 1.807) is 11.6 Å². The van der Waals surface area contributed by atoms with Crippen molar-refractivity contribution in [2.24, 2.45) is 0 Å². The normalized spacial score (nSPS) is 13.9. The molecule has 0 radical (unpaired) electrons. The number of hydrogen-bond acceptors (Lipinski definition) is 5. The molecule has 6 heteroatoms. The Kier molecular flexibility index (Phi) is 5.39. The van der Waals surface area contributed by atoms with Gasteiger partial charge in [0.2, 0.25) is 0 Å². The van der Waals surface area contributed by atoms with Crippen LogP contribution in [0.15, 0.2) is 30.3 Å². The van der Waals surface area contributed by atoms with Crippen LogP contribution in [0.5, 0.6) is 0 Å². The molecule has 0 spiro atoms. The number of thioether (sulfide) groups is 1. The van der Waals surface area contributed by atoms with Gasteiger partial charge in [-0.15, -0.1) is 0 Å². The highest BCUT2D eigenvalue weighted by molar-refractivity contribution is 8.13. The third kappa shape index (κ3) is 3.58. The van der Waals surface area contributed by atoms with E-state index in [0.29, 0.717) is 11.3 Å². The summed E-state index contributed by atoms with van der Waals surface area (Å²) >= 11 is 1.00. The fourth-order valence-corrected chi connectivity index (χ4v) is 2.98. The zero-order valence-corrected chi connectivity index (χ0v) is 13.7. The number of aryl methyl sites for hydroxylation is 1. The minimum Gasteiger partial charge on any atom is -0.389 e. The Labute approximate surface area is 134 Å². The first-order valence-corrected chi connectivity index (χ1v) is 8.01. The minimum atomic E-state index is -1.07. The van der Waals surface area contributed by atoms with Gasteiger partial charge in [-0.05, 0) is 26.0 Å². The molecule has 1 aromatic heterocycles. The standard InChI is InChI=1S/C16H20N2O3S/c1-10-15(16(21)14(20)9-22-12(3)19)11(2)18(17-10)13-7-5-4-6-8-13/h4-8,14,16,20-21H,9H2,1-3H3. The van der Waals surface area contributed by atoms with Gasteiger partial charge in [0.25, 0.3) is 0 Å². The highest BCUT2D eigenvalue weighted by Crippen LogP contribution is 2.27. The number of nitrogens with zero attached hydrogens (tertiary/aromatic N) is 2. The maximum absolute atomic E-state index is 11.0. The van der Waals surface area contributed by atoms with Crippen LogP contribution >= 0.6 is 11.8 Å². The van der Waals surface area contributed by atoms with Gasteiger partial charge in [0.1, 0.15) is 6.10 Å². The molecular weight excluding hydrogens is 300 g/mol. The Morgan fingerprint density at radius 1 is 1.27 bits per heavy atom. The van der Waals surface area contributed by atoms with Crippen molar-refractivity contribution >= 4 is 16.9 Å². The molecule has 0 aliphatic rings. The van der Waals surface area contributed by atoms with E-state index in [-0.39, 0.29) is 10.9 Å². The van der Waals surface area contributed by atoms with E-state index >= 15 is 0 Å². The van der Waals surface area contributed by atoms with E-state index in [9.17, 15) is 15.0 Å². The van der Waals surface area contributed by atoms with Gasteiger partial charge in [-0.3, -0.25) is 4.79 Å². The zero-order valence-electron chi connectivity index (χ0n) is 12.9. The van der Waals surface area contributed by atoms with E-state index in [2.05, 4.69) is 5.10 Å². The van der Waals surface area contributed by atoms with Crippen molar-refractivity contribution in [3.8, 4) is 5.69 Å². The number of hydrogen-bond donors (Lipinski definition) is 2. The first kappa shape index (κ1) is 16.7. The maximum atomic E-state index is 11.0. The van der Waals surface area contributed by atoms with Crippen molar-refractivity contribution in [2.75, 3.05) is 5.75 Å². The SMILES string of the molecule is CC(=O)SCC(O)C(O)c1c(C)nn(-c2ccccc2)c1C. The van der Waals surface area contributed by atoms with Crippen LogP contribution in [0.25, 0.3) is 5.69 Å². The lowest BCUT2D eigenvalue weighted by Gasteiger charge is -2.17. The fourth-order valence-electron chi connectivity index (χ4n) is 2.39. The molecule has 0 aliphatic carbocycles. The lowest BCUT2D eigenvalue weighted by Crippen LogP contribution is -2.22. The summed E-state index contributed by atoms with van der Waals surface area (Å²) in [4.78, 5) is 11.0. The van der Waals surface area contributed by atoms with Crippen LogP contribution in [0.1, 0.15) is 30.0 Å². The molecule has 2 N–H and O–H groups in total. The summed E-state index contributed by atoms with van der Waals surface area (Å²) in [7, 11) is 0. The van der Waals surface area contributed by atoms with Crippen molar-refractivity contribution < 1.29 is 15.0 Å². The summed E-state index contributed by atoms with van der Waals surface area (Å²) in [5.74, 6) is 0.159. The number of aromatic nitrogens is 2. The molecule has 2 atom stereocenters. The van der Waals surface area contributed by atoms with Gasteiger partial charge in [-0.2, -0.15) is 5.10 Å². The smallest absolute Gasteiger partial charge is 0.185 e. The van der Waals surface area contributed by atoms with Crippen LogP contribution in [0.4, 0.5) is 0 Å². The molecule has 118 valence electrons. The summed E-state index contributed by atoms with van der Waals surface area (Å²) in [5, 5.41) is 24.9. The van der Waals surface area contributed by atoms with Crippen LogP contribution in [0.3, 0.4) is 0 Å². The van der Waals surface area contributed by atoms with Crippen LogP contribution < -0.4 is 0 Å². The molecule has 2 aromatic rings. The van der Waals surface area contributed by atoms with Crippen molar-refractivity contribution in [3.63, 3.8) is 0 Å². The summed E-state index contributed by atoms with van der Waals surface area (Å²) in [6.07, 6.45) is -2.08. The average molecular weight is 320 g/mol. The van der Waals surface area contributed by atoms with Crippen LogP contribution in [-0.4, -0.2) is 37.0 Å². The number of aliphatic hydroxyl groups is 2. The van der Waals surface area contributed by atoms with Crippen LogP contribution in [0.2, 0.25) is 0 Å². The number of para-hydroxylation sites is 1. The lowest BCUT2D eigenvalue weighted by atomic mass is 10.0. The Hall–Kier alpha value is -1.63. The molecule has 0 saturated carbocycles. The van der Waals surface area contributed by atoms with Crippen molar-refractivity contribution in [3.05, 3.63) is 47.3 Å². The van der Waals surface area contributed by atoms with E-state index in [1.165, 1.54) is 6.92 Å². The molecule has 2 unspecified atom stereocenters. The topological polar surface area (TPSA) is 75.3 Å². The molecule has 1 heterocycles. The second kappa shape index (κ2) is 7.09. The highest BCUT2D eigenvalue weighted by atomic mass is 32.2. The average Bonchev–Trinajstić information content (AvgIpc) is 2.80. The maximum Gasteiger partial charge on any atom is 0.185 e. The molecule has 22 heavy (non-hydrogen) atoms. The number of carbonyl (C=O) groups is 1. The van der Waals surface area contributed by atoms with Gasteiger partial charge >= 0.3 is 0 Å². The largest absolute Gasteiger partial charge is 0.389 e. The Morgan fingerprint density at radius 2 is 1.91 bits per heavy atom. The summed E-state index contributed by atoms with van der Waals surface area (Å²) < 4.78 is 1.75. The molecule has 0 bridgehead atoms.